The summed E-state index contributed by atoms with van der Waals surface area (Å²) >= 11 is 1.46. The molecular weight excluding hydrogens is 530 g/mol. The molecule has 0 saturated heterocycles. The van der Waals surface area contributed by atoms with Gasteiger partial charge in [0.2, 0.25) is 5.91 Å². The Morgan fingerprint density at radius 3 is 2.54 bits per heavy atom. The fourth-order valence-corrected chi connectivity index (χ4v) is 6.86. The number of carbonyl (C=O) groups excluding carboxylic acids is 1. The minimum atomic E-state index is -3.15. The van der Waals surface area contributed by atoms with Crippen molar-refractivity contribution in [2.45, 2.75) is 25.5 Å². The number of aromatic nitrogens is 4. The number of sulfone groups is 1. The van der Waals surface area contributed by atoms with Gasteiger partial charge in [0, 0.05) is 36.7 Å². The van der Waals surface area contributed by atoms with E-state index in [4.69, 9.17) is 10.1 Å². The first-order chi connectivity index (χ1) is 18.7. The first-order valence-electron chi connectivity index (χ1n) is 12.4. The molecule has 1 amide bonds. The zero-order chi connectivity index (χ0) is 27.1. The van der Waals surface area contributed by atoms with Crippen molar-refractivity contribution in [3.8, 4) is 38.6 Å². The molecule has 0 unspecified atom stereocenters. The zero-order valence-electron chi connectivity index (χ0n) is 21.4. The minimum absolute atomic E-state index is 0.00749. The van der Waals surface area contributed by atoms with E-state index in [2.05, 4.69) is 16.4 Å². The monoisotopic (exact) mass is 555 g/mol. The van der Waals surface area contributed by atoms with E-state index >= 15 is 0 Å². The molecule has 0 fully saturated rings. The van der Waals surface area contributed by atoms with Crippen molar-refractivity contribution < 1.29 is 13.2 Å². The molecular formula is C29H25N5O3S2. The van der Waals surface area contributed by atoms with Crippen molar-refractivity contribution in [2.75, 3.05) is 11.6 Å². The maximum atomic E-state index is 11.9. The van der Waals surface area contributed by atoms with Gasteiger partial charge in [0.25, 0.3) is 0 Å². The van der Waals surface area contributed by atoms with Crippen LogP contribution < -0.4 is 5.32 Å². The highest BCUT2D eigenvalue weighted by Gasteiger charge is 2.30. The lowest BCUT2D eigenvalue weighted by molar-refractivity contribution is -0.114. The summed E-state index contributed by atoms with van der Waals surface area (Å²) in [7, 11) is -3.15. The van der Waals surface area contributed by atoms with Crippen LogP contribution in [0.1, 0.15) is 23.7 Å². The predicted octanol–water partition coefficient (Wildman–Crippen LogP) is 5.33. The number of anilines is 1. The number of benzene rings is 2. The fourth-order valence-electron chi connectivity index (χ4n) is 4.96. The summed E-state index contributed by atoms with van der Waals surface area (Å²) in [6.07, 6.45) is 6.33. The van der Waals surface area contributed by atoms with Crippen LogP contribution in [-0.2, 0) is 33.2 Å². The molecule has 0 bridgehead atoms. The number of pyridine rings is 1. The average molecular weight is 556 g/mol. The fraction of sp³-hybridized carbons (Fsp3) is 0.172. The maximum absolute atomic E-state index is 11.9. The smallest absolute Gasteiger partial charge is 0.223 e. The van der Waals surface area contributed by atoms with Crippen molar-refractivity contribution in [3.05, 3.63) is 89.9 Å². The SMILES string of the molecule is CC(=O)Nc1nc2c(s1)-c1c(c(-c3cccnc3)nn1-c1cccc(-c3cccc(CS(C)(=O)=O)c3)c1)CC2. The molecule has 0 saturated carbocycles. The van der Waals surface area contributed by atoms with Crippen LogP contribution in [0.3, 0.4) is 0 Å². The van der Waals surface area contributed by atoms with Gasteiger partial charge in [-0.2, -0.15) is 5.10 Å². The molecule has 2 aromatic carbocycles. The van der Waals surface area contributed by atoms with Gasteiger partial charge in [-0.3, -0.25) is 9.78 Å². The first-order valence-corrected chi connectivity index (χ1v) is 15.3. The molecule has 10 heteroatoms. The van der Waals surface area contributed by atoms with Gasteiger partial charge in [0.05, 0.1) is 33.4 Å². The second kappa shape index (κ2) is 9.87. The number of nitrogens with one attached hydrogen (secondary N) is 1. The lowest BCUT2D eigenvalue weighted by atomic mass is 9.95. The van der Waals surface area contributed by atoms with E-state index in [9.17, 15) is 13.2 Å². The molecule has 6 rings (SSSR count). The standard InChI is InChI=1S/C29H25N5O3S2/c1-18(35)31-29-32-25-12-11-24-26(22-9-5-13-30-16-22)33-34(27(24)28(25)38-29)23-10-4-8-21(15-23)20-7-3-6-19(14-20)17-39(2,36)37/h3-10,13-16H,11-12,17H2,1-2H3,(H,31,32,35). The molecule has 0 atom stereocenters. The highest BCUT2D eigenvalue weighted by Crippen LogP contribution is 2.44. The summed E-state index contributed by atoms with van der Waals surface area (Å²) in [5.74, 6) is -0.163. The largest absolute Gasteiger partial charge is 0.302 e. The summed E-state index contributed by atoms with van der Waals surface area (Å²) < 4.78 is 25.7. The summed E-state index contributed by atoms with van der Waals surface area (Å²) in [5.41, 5.74) is 8.34. The van der Waals surface area contributed by atoms with Crippen molar-refractivity contribution in [1.29, 1.82) is 0 Å². The van der Waals surface area contributed by atoms with E-state index in [0.29, 0.717) is 5.13 Å². The molecule has 39 heavy (non-hydrogen) atoms. The maximum Gasteiger partial charge on any atom is 0.223 e. The minimum Gasteiger partial charge on any atom is -0.302 e. The van der Waals surface area contributed by atoms with E-state index in [-0.39, 0.29) is 11.7 Å². The lowest BCUT2D eigenvalue weighted by Crippen LogP contribution is -2.07. The Morgan fingerprint density at radius 1 is 1.03 bits per heavy atom. The third-order valence-electron chi connectivity index (χ3n) is 6.51. The van der Waals surface area contributed by atoms with E-state index < -0.39 is 9.84 Å². The molecule has 3 heterocycles. The number of amides is 1. The van der Waals surface area contributed by atoms with Gasteiger partial charge in [-0.25, -0.2) is 18.1 Å². The van der Waals surface area contributed by atoms with Crippen molar-refractivity contribution in [2.24, 2.45) is 0 Å². The van der Waals surface area contributed by atoms with Crippen molar-refractivity contribution in [1.82, 2.24) is 19.7 Å². The van der Waals surface area contributed by atoms with Crippen LogP contribution in [0.4, 0.5) is 5.13 Å². The third kappa shape index (κ3) is 5.13. The molecule has 0 aliphatic heterocycles. The van der Waals surface area contributed by atoms with Crippen LogP contribution in [0.25, 0.3) is 38.6 Å². The quantitative estimate of drug-likeness (QED) is 0.304. The van der Waals surface area contributed by atoms with Crippen LogP contribution in [0.2, 0.25) is 0 Å². The number of thiazole rings is 1. The molecule has 196 valence electrons. The predicted molar refractivity (Wildman–Crippen MR) is 154 cm³/mol. The number of hydrogen-bond acceptors (Lipinski definition) is 7. The van der Waals surface area contributed by atoms with Gasteiger partial charge in [-0.15, -0.1) is 0 Å². The van der Waals surface area contributed by atoms with E-state index in [1.807, 2.05) is 65.5 Å². The summed E-state index contributed by atoms with van der Waals surface area (Å²) in [6, 6.07) is 19.6. The number of carbonyl (C=O) groups is 1. The Morgan fingerprint density at radius 2 is 1.79 bits per heavy atom. The van der Waals surface area contributed by atoms with E-state index in [1.165, 1.54) is 24.5 Å². The van der Waals surface area contributed by atoms with Crippen LogP contribution in [-0.4, -0.2) is 40.3 Å². The number of rotatable bonds is 6. The Hall–Kier alpha value is -4.15. The molecule has 1 aliphatic rings. The summed E-state index contributed by atoms with van der Waals surface area (Å²) in [4.78, 5) is 21.7. The Kier molecular flexibility index (Phi) is 6.36. The van der Waals surface area contributed by atoms with Gasteiger partial charge >= 0.3 is 0 Å². The molecule has 8 nitrogen and oxygen atoms in total. The highest BCUT2D eigenvalue weighted by molar-refractivity contribution is 7.89. The van der Waals surface area contributed by atoms with Crippen LogP contribution in [0.5, 0.6) is 0 Å². The number of nitrogens with zero attached hydrogens (tertiary/aromatic N) is 4. The number of fused-ring (bicyclic) bond motifs is 3. The normalized spacial score (nSPS) is 12.6. The van der Waals surface area contributed by atoms with Gasteiger partial charge in [0.1, 0.15) is 0 Å². The molecule has 1 aliphatic carbocycles. The topological polar surface area (TPSA) is 107 Å². The Bertz CT molecular complexity index is 1820. The number of hydrogen-bond donors (Lipinski definition) is 1. The third-order valence-corrected chi connectivity index (χ3v) is 8.38. The van der Waals surface area contributed by atoms with E-state index in [1.54, 1.807) is 6.20 Å². The van der Waals surface area contributed by atoms with Crippen LogP contribution in [0, 0.1) is 0 Å². The van der Waals surface area contributed by atoms with Gasteiger partial charge < -0.3 is 5.32 Å². The molecule has 3 aromatic heterocycles. The van der Waals surface area contributed by atoms with Crippen LogP contribution in [0.15, 0.2) is 73.1 Å². The molecule has 5 aromatic rings. The zero-order valence-corrected chi connectivity index (χ0v) is 23.0. The average Bonchev–Trinajstić information content (AvgIpc) is 3.49. The molecule has 0 radical (unpaired) electrons. The highest BCUT2D eigenvalue weighted by atomic mass is 32.2. The summed E-state index contributed by atoms with van der Waals surface area (Å²) in [5, 5.41) is 8.50. The molecule has 1 N–H and O–H groups in total. The van der Waals surface area contributed by atoms with Crippen molar-refractivity contribution in [3.63, 3.8) is 0 Å². The van der Waals surface area contributed by atoms with Crippen LogP contribution >= 0.6 is 11.3 Å². The Labute approximate surface area is 230 Å². The summed E-state index contributed by atoms with van der Waals surface area (Å²) in [6.45, 7) is 1.48. The lowest BCUT2D eigenvalue weighted by Gasteiger charge is -2.15. The van der Waals surface area contributed by atoms with Gasteiger partial charge in [0.15, 0.2) is 15.0 Å². The van der Waals surface area contributed by atoms with Gasteiger partial charge in [-0.05, 0) is 53.8 Å². The second-order valence-electron chi connectivity index (χ2n) is 9.63. The Balaban J connectivity index is 1.50. The van der Waals surface area contributed by atoms with Crippen molar-refractivity contribution >= 4 is 32.2 Å². The van der Waals surface area contributed by atoms with E-state index in [0.717, 1.165) is 68.3 Å². The number of aryl methyl sites for hydroxylation is 1. The van der Waals surface area contributed by atoms with Gasteiger partial charge in [-0.1, -0.05) is 47.7 Å². The molecule has 0 spiro atoms. The first kappa shape index (κ1) is 25.1. The second-order valence-corrected chi connectivity index (χ2v) is 12.8.